The van der Waals surface area contributed by atoms with Gasteiger partial charge in [0.25, 0.3) is 0 Å². The van der Waals surface area contributed by atoms with E-state index in [1.165, 1.54) is 6.20 Å². The van der Waals surface area contributed by atoms with Crippen LogP contribution < -0.4 is 0 Å². The Morgan fingerprint density at radius 3 is 2.69 bits per heavy atom. The average Bonchev–Trinajstić information content (AvgIpc) is 2.71. The first-order valence-corrected chi connectivity index (χ1v) is 5.26. The Hall–Kier alpha value is -1.91. The van der Waals surface area contributed by atoms with E-state index in [0.29, 0.717) is 5.78 Å². The molecule has 0 aliphatic carbocycles. The third kappa shape index (κ3) is 1.64. The fourth-order valence-corrected chi connectivity index (χ4v) is 1.64. The number of hydrogen-bond acceptors (Lipinski definition) is 3. The zero-order chi connectivity index (χ0) is 11.7. The molecule has 0 fully saturated rings. The molecule has 0 aromatic carbocycles. The summed E-state index contributed by atoms with van der Waals surface area (Å²) < 4.78 is 1.74. The maximum Gasteiger partial charge on any atom is 0.356 e. The van der Waals surface area contributed by atoms with Crippen molar-refractivity contribution in [1.29, 1.82) is 0 Å². The highest BCUT2D eigenvalue weighted by atomic mass is 16.4. The molecule has 5 heteroatoms. The Labute approximate surface area is 92.8 Å². The molecule has 0 saturated carbocycles. The van der Waals surface area contributed by atoms with E-state index in [1.54, 1.807) is 4.40 Å². The molecule has 0 unspecified atom stereocenters. The largest absolute Gasteiger partial charge is 0.476 e. The number of nitrogens with zero attached hydrogens (tertiary/aromatic N) is 3. The van der Waals surface area contributed by atoms with Gasteiger partial charge in [-0.2, -0.15) is 0 Å². The van der Waals surface area contributed by atoms with Crippen LogP contribution in [0.25, 0.3) is 5.78 Å². The maximum atomic E-state index is 10.8. The molecule has 2 aromatic heterocycles. The summed E-state index contributed by atoms with van der Waals surface area (Å²) >= 11 is 0. The van der Waals surface area contributed by atoms with Crippen molar-refractivity contribution in [2.24, 2.45) is 0 Å². The highest BCUT2D eigenvalue weighted by Crippen LogP contribution is 2.10. The lowest BCUT2D eigenvalue weighted by molar-refractivity contribution is 0.0691. The molecule has 2 heterocycles. The van der Waals surface area contributed by atoms with Crippen molar-refractivity contribution in [2.75, 3.05) is 0 Å². The fraction of sp³-hybridized carbons (Fsp3) is 0.364. The number of fused-ring (bicyclic) bond motifs is 1. The standard InChI is InChI=1S/C11H13N3O2/c1-3-7-5-8(4-2)14-6-9(10(15)16)13-11(14)12-7/h5-6H,3-4H2,1-2H3,(H,15,16). The van der Waals surface area contributed by atoms with Gasteiger partial charge in [0.15, 0.2) is 5.69 Å². The maximum absolute atomic E-state index is 10.8. The predicted molar refractivity (Wildman–Crippen MR) is 58.7 cm³/mol. The summed E-state index contributed by atoms with van der Waals surface area (Å²) in [5.74, 6) is -0.556. The predicted octanol–water partition coefficient (Wildman–Crippen LogP) is 1.55. The molecule has 5 nitrogen and oxygen atoms in total. The first-order valence-electron chi connectivity index (χ1n) is 5.26. The van der Waals surface area contributed by atoms with Crippen LogP contribution in [0.4, 0.5) is 0 Å². The number of aromatic carboxylic acids is 1. The van der Waals surface area contributed by atoms with Crippen LogP contribution in [0.1, 0.15) is 35.7 Å². The minimum absolute atomic E-state index is 0.0375. The van der Waals surface area contributed by atoms with E-state index in [-0.39, 0.29) is 5.69 Å². The van der Waals surface area contributed by atoms with Gasteiger partial charge in [-0.1, -0.05) is 13.8 Å². The number of aromatic nitrogens is 3. The molecule has 2 rings (SSSR count). The van der Waals surface area contributed by atoms with Crippen molar-refractivity contribution < 1.29 is 9.90 Å². The Balaban J connectivity index is 2.69. The van der Waals surface area contributed by atoms with Gasteiger partial charge in [-0.05, 0) is 18.9 Å². The molecule has 0 atom stereocenters. The molecule has 0 saturated heterocycles. The molecule has 16 heavy (non-hydrogen) atoms. The van der Waals surface area contributed by atoms with Crippen LogP contribution in [-0.4, -0.2) is 25.4 Å². The van der Waals surface area contributed by atoms with E-state index in [0.717, 1.165) is 24.2 Å². The summed E-state index contributed by atoms with van der Waals surface area (Å²) in [5.41, 5.74) is 2.00. The van der Waals surface area contributed by atoms with E-state index in [1.807, 2.05) is 19.9 Å². The molecule has 2 aromatic rings. The van der Waals surface area contributed by atoms with Crippen LogP contribution in [0.5, 0.6) is 0 Å². The lowest BCUT2D eigenvalue weighted by Gasteiger charge is -2.03. The van der Waals surface area contributed by atoms with Gasteiger partial charge in [0, 0.05) is 17.6 Å². The van der Waals surface area contributed by atoms with Crippen LogP contribution in [0.3, 0.4) is 0 Å². The topological polar surface area (TPSA) is 67.5 Å². The van der Waals surface area contributed by atoms with Gasteiger partial charge in [-0.3, -0.25) is 4.40 Å². The summed E-state index contributed by atoms with van der Waals surface area (Å²) in [6, 6.07) is 1.99. The molecule has 84 valence electrons. The molecule has 0 aliphatic heterocycles. The number of carbonyl (C=O) groups is 1. The number of rotatable bonds is 3. The minimum Gasteiger partial charge on any atom is -0.476 e. The van der Waals surface area contributed by atoms with Gasteiger partial charge >= 0.3 is 5.97 Å². The molecule has 0 amide bonds. The Bertz CT molecular complexity index is 545. The monoisotopic (exact) mass is 219 g/mol. The molecule has 0 aliphatic rings. The van der Waals surface area contributed by atoms with Crippen LogP contribution in [-0.2, 0) is 12.8 Å². The molecular weight excluding hydrogens is 206 g/mol. The zero-order valence-electron chi connectivity index (χ0n) is 9.27. The number of carboxylic acids is 1. The Morgan fingerprint density at radius 1 is 1.38 bits per heavy atom. The first kappa shape index (κ1) is 10.6. The van der Waals surface area contributed by atoms with Crippen molar-refractivity contribution in [3.63, 3.8) is 0 Å². The van der Waals surface area contributed by atoms with E-state index in [2.05, 4.69) is 9.97 Å². The van der Waals surface area contributed by atoms with E-state index < -0.39 is 5.97 Å². The van der Waals surface area contributed by atoms with Crippen LogP contribution >= 0.6 is 0 Å². The van der Waals surface area contributed by atoms with Crippen molar-refractivity contribution in [3.05, 3.63) is 29.3 Å². The molecule has 0 radical (unpaired) electrons. The van der Waals surface area contributed by atoms with Gasteiger partial charge in [0.2, 0.25) is 5.78 Å². The van der Waals surface area contributed by atoms with Gasteiger partial charge in [0.1, 0.15) is 0 Å². The Kier molecular flexibility index (Phi) is 2.60. The summed E-state index contributed by atoms with van der Waals surface area (Å²) in [5, 5.41) is 8.87. The molecular formula is C11H13N3O2. The summed E-state index contributed by atoms with van der Waals surface area (Å²) in [7, 11) is 0. The van der Waals surface area contributed by atoms with Crippen molar-refractivity contribution in [3.8, 4) is 0 Å². The molecule has 1 N–H and O–H groups in total. The van der Waals surface area contributed by atoms with Crippen LogP contribution in [0.2, 0.25) is 0 Å². The van der Waals surface area contributed by atoms with Gasteiger partial charge in [0.05, 0.1) is 0 Å². The quantitative estimate of drug-likeness (QED) is 0.850. The third-order valence-corrected chi connectivity index (χ3v) is 2.52. The Morgan fingerprint density at radius 2 is 2.12 bits per heavy atom. The number of hydrogen-bond donors (Lipinski definition) is 1. The summed E-state index contributed by atoms with van der Waals surface area (Å²) in [4.78, 5) is 19.1. The summed E-state index contributed by atoms with van der Waals surface area (Å²) in [6.07, 6.45) is 3.16. The molecule has 0 bridgehead atoms. The van der Waals surface area contributed by atoms with Gasteiger partial charge in [-0.15, -0.1) is 0 Å². The highest BCUT2D eigenvalue weighted by molar-refractivity contribution is 5.85. The fourth-order valence-electron chi connectivity index (χ4n) is 1.64. The zero-order valence-corrected chi connectivity index (χ0v) is 9.27. The minimum atomic E-state index is -1.02. The average molecular weight is 219 g/mol. The van der Waals surface area contributed by atoms with Crippen molar-refractivity contribution in [1.82, 2.24) is 14.4 Å². The normalized spacial score (nSPS) is 10.9. The second-order valence-corrected chi connectivity index (χ2v) is 3.55. The van der Waals surface area contributed by atoms with Crippen LogP contribution in [0.15, 0.2) is 12.3 Å². The van der Waals surface area contributed by atoms with Gasteiger partial charge in [-0.25, -0.2) is 14.8 Å². The van der Waals surface area contributed by atoms with Crippen molar-refractivity contribution >= 4 is 11.7 Å². The lowest BCUT2D eigenvalue weighted by atomic mass is 10.2. The smallest absolute Gasteiger partial charge is 0.356 e. The van der Waals surface area contributed by atoms with Crippen LogP contribution in [0, 0.1) is 0 Å². The number of carboxylic acid groups (broad SMARTS) is 1. The SMILES string of the molecule is CCc1cc(CC)n2cc(C(=O)O)nc2n1. The number of aryl methyl sites for hydroxylation is 2. The van der Waals surface area contributed by atoms with Gasteiger partial charge < -0.3 is 5.11 Å². The second-order valence-electron chi connectivity index (χ2n) is 3.55. The van der Waals surface area contributed by atoms with E-state index in [4.69, 9.17) is 5.11 Å². The highest BCUT2D eigenvalue weighted by Gasteiger charge is 2.12. The second kappa shape index (κ2) is 3.92. The lowest BCUT2D eigenvalue weighted by Crippen LogP contribution is -2.00. The van der Waals surface area contributed by atoms with E-state index in [9.17, 15) is 4.79 Å². The molecule has 0 spiro atoms. The summed E-state index contributed by atoms with van der Waals surface area (Å²) in [6.45, 7) is 4.04. The van der Waals surface area contributed by atoms with E-state index >= 15 is 0 Å². The third-order valence-electron chi connectivity index (χ3n) is 2.52. The number of imidazole rings is 1. The first-order chi connectivity index (χ1) is 7.65. The van der Waals surface area contributed by atoms with Crippen molar-refractivity contribution in [2.45, 2.75) is 26.7 Å².